The molecule has 0 N–H and O–H groups in total. The van der Waals surface area contributed by atoms with Gasteiger partial charge in [0.05, 0.1) is 18.4 Å². The van der Waals surface area contributed by atoms with Crippen molar-refractivity contribution in [2.75, 3.05) is 33.3 Å². The van der Waals surface area contributed by atoms with Gasteiger partial charge < -0.3 is 19.1 Å². The summed E-state index contributed by atoms with van der Waals surface area (Å²) in [6, 6.07) is 6.92. The Bertz CT molecular complexity index is 1150. The van der Waals surface area contributed by atoms with Crippen LogP contribution >= 0.6 is 0 Å². The van der Waals surface area contributed by atoms with E-state index in [0.29, 0.717) is 54.3 Å². The molecular formula is C28H38FN3O5. The van der Waals surface area contributed by atoms with E-state index in [2.05, 4.69) is 9.88 Å². The first kappa shape index (κ1) is 28.4. The summed E-state index contributed by atoms with van der Waals surface area (Å²) in [7, 11) is 1.35. The second kappa shape index (κ2) is 11.5. The van der Waals surface area contributed by atoms with Gasteiger partial charge in [0.25, 0.3) is 0 Å². The third-order valence-corrected chi connectivity index (χ3v) is 6.35. The fourth-order valence-electron chi connectivity index (χ4n) is 4.31. The Morgan fingerprint density at radius 1 is 1.11 bits per heavy atom. The Hall–Kier alpha value is -3.20. The lowest BCUT2D eigenvalue weighted by Crippen LogP contribution is -2.55. The number of aryl methyl sites for hydroxylation is 3. The predicted molar refractivity (Wildman–Crippen MR) is 138 cm³/mol. The predicted octanol–water partition coefficient (Wildman–Crippen LogP) is 4.99. The van der Waals surface area contributed by atoms with Gasteiger partial charge in [0.15, 0.2) is 6.10 Å². The van der Waals surface area contributed by atoms with E-state index >= 15 is 0 Å². The van der Waals surface area contributed by atoms with Crippen LogP contribution in [0.25, 0.3) is 0 Å². The molecule has 8 nitrogen and oxygen atoms in total. The van der Waals surface area contributed by atoms with Gasteiger partial charge in [-0.15, -0.1) is 0 Å². The summed E-state index contributed by atoms with van der Waals surface area (Å²) < 4.78 is 31.3. The molecule has 1 fully saturated rings. The average Bonchev–Trinajstić information content (AvgIpc) is 2.80. The van der Waals surface area contributed by atoms with Crippen LogP contribution in [-0.2, 0) is 9.47 Å². The largest absolute Gasteiger partial charge is 0.482 e. The van der Waals surface area contributed by atoms with Crippen LogP contribution in [0.2, 0.25) is 0 Å². The van der Waals surface area contributed by atoms with Gasteiger partial charge in [0.1, 0.15) is 11.4 Å². The minimum Gasteiger partial charge on any atom is -0.482 e. The maximum absolute atomic E-state index is 14.4. The van der Waals surface area contributed by atoms with Crippen LogP contribution < -0.4 is 4.74 Å². The number of carbonyl (C=O) groups excluding carboxylic acids is 2. The molecule has 9 heteroatoms. The summed E-state index contributed by atoms with van der Waals surface area (Å²) in [5, 5.41) is 0. The minimum atomic E-state index is -0.572. The molecule has 0 spiro atoms. The summed E-state index contributed by atoms with van der Waals surface area (Å²) in [6.07, 6.45) is -0.899. The van der Waals surface area contributed by atoms with Crippen molar-refractivity contribution in [1.29, 1.82) is 0 Å². The first-order valence-electron chi connectivity index (χ1n) is 12.5. The lowest BCUT2D eigenvalue weighted by molar-refractivity contribution is -0.00323. The highest BCUT2D eigenvalue weighted by atomic mass is 19.1. The first-order valence-corrected chi connectivity index (χ1v) is 12.5. The van der Waals surface area contributed by atoms with Gasteiger partial charge in [0.2, 0.25) is 5.95 Å². The Morgan fingerprint density at radius 2 is 1.81 bits per heavy atom. The summed E-state index contributed by atoms with van der Waals surface area (Å²) in [6.45, 7) is 15.0. The molecule has 2 atom stereocenters. The highest BCUT2D eigenvalue weighted by Crippen LogP contribution is 2.29. The lowest BCUT2D eigenvalue weighted by Gasteiger charge is -2.41. The van der Waals surface area contributed by atoms with Crippen LogP contribution in [0.5, 0.6) is 5.75 Å². The number of pyridine rings is 1. The van der Waals surface area contributed by atoms with E-state index in [4.69, 9.17) is 14.2 Å². The smallest absolute Gasteiger partial charge is 0.410 e. The van der Waals surface area contributed by atoms with Gasteiger partial charge in [-0.3, -0.25) is 4.90 Å². The third-order valence-electron chi connectivity index (χ3n) is 6.35. The second-order valence-electron chi connectivity index (χ2n) is 10.7. The van der Waals surface area contributed by atoms with E-state index in [1.165, 1.54) is 7.11 Å². The highest BCUT2D eigenvalue weighted by molar-refractivity contribution is 5.91. The monoisotopic (exact) mass is 515 g/mol. The van der Waals surface area contributed by atoms with Crippen molar-refractivity contribution in [1.82, 2.24) is 14.8 Å². The fourth-order valence-corrected chi connectivity index (χ4v) is 4.31. The van der Waals surface area contributed by atoms with Gasteiger partial charge in [-0.25, -0.2) is 14.6 Å². The van der Waals surface area contributed by atoms with Gasteiger partial charge in [0, 0.05) is 37.8 Å². The molecule has 1 aromatic heterocycles. The molecule has 2 aromatic rings. The first-order chi connectivity index (χ1) is 17.3. The molecule has 0 unspecified atom stereocenters. The molecule has 37 heavy (non-hydrogen) atoms. The summed E-state index contributed by atoms with van der Waals surface area (Å²) in [5.41, 5.74) is 2.31. The number of ether oxygens (including phenoxy) is 3. The number of esters is 1. The average molecular weight is 516 g/mol. The maximum Gasteiger partial charge on any atom is 0.410 e. The minimum absolute atomic E-state index is 0.0738. The van der Waals surface area contributed by atoms with E-state index in [0.717, 1.165) is 5.56 Å². The molecule has 202 valence electrons. The Balaban J connectivity index is 1.83. The van der Waals surface area contributed by atoms with Crippen molar-refractivity contribution in [2.45, 2.75) is 66.2 Å². The number of methoxy groups -OCH3 is 1. The molecule has 0 saturated carbocycles. The topological polar surface area (TPSA) is 81.2 Å². The zero-order valence-electron chi connectivity index (χ0n) is 23.1. The molecule has 1 aliphatic rings. The van der Waals surface area contributed by atoms with E-state index < -0.39 is 23.6 Å². The number of piperazine rings is 1. The standard InChI is InChI=1S/C28H38FN3O5/c1-17-9-10-22(30-25(17)29)24(36-23-14-18(2)21(13-19(23)3)26(33)35-8)16-31-11-12-32(20(4)15-31)27(34)37-28(5,6)7/h9-10,13-14,20,24H,11-12,15-16H2,1-8H3/t20-,24-/m1/s1. The van der Waals surface area contributed by atoms with Crippen LogP contribution in [-0.4, -0.2) is 71.8 Å². The van der Waals surface area contributed by atoms with Crippen molar-refractivity contribution in [3.8, 4) is 5.75 Å². The van der Waals surface area contributed by atoms with E-state index in [9.17, 15) is 14.0 Å². The molecule has 0 bridgehead atoms. The number of benzene rings is 1. The van der Waals surface area contributed by atoms with Crippen molar-refractivity contribution in [3.63, 3.8) is 0 Å². The number of halogens is 1. The van der Waals surface area contributed by atoms with Crippen LogP contribution in [0.3, 0.4) is 0 Å². The highest BCUT2D eigenvalue weighted by Gasteiger charge is 2.32. The molecule has 2 heterocycles. The van der Waals surface area contributed by atoms with E-state index in [1.54, 1.807) is 36.1 Å². The summed E-state index contributed by atoms with van der Waals surface area (Å²) in [4.78, 5) is 32.8. The van der Waals surface area contributed by atoms with Crippen molar-refractivity contribution in [2.24, 2.45) is 0 Å². The number of hydrogen-bond donors (Lipinski definition) is 0. The van der Waals surface area contributed by atoms with Gasteiger partial charge in [-0.1, -0.05) is 6.07 Å². The normalized spacial score (nSPS) is 17.3. The molecule has 3 rings (SSSR count). The van der Waals surface area contributed by atoms with E-state index in [1.807, 2.05) is 41.5 Å². The summed E-state index contributed by atoms with van der Waals surface area (Å²) in [5.74, 6) is -0.371. The molecule has 1 aromatic carbocycles. The van der Waals surface area contributed by atoms with Crippen molar-refractivity contribution < 1.29 is 28.2 Å². The quantitative estimate of drug-likeness (QED) is 0.396. The molecule has 0 aliphatic carbocycles. The zero-order chi connectivity index (χ0) is 27.5. The third kappa shape index (κ3) is 7.19. The molecule has 1 amide bonds. The number of amides is 1. The zero-order valence-corrected chi connectivity index (χ0v) is 23.1. The molecule has 0 radical (unpaired) electrons. The Morgan fingerprint density at radius 3 is 2.41 bits per heavy atom. The van der Waals surface area contributed by atoms with Crippen LogP contribution in [0.1, 0.15) is 66.5 Å². The number of carbonyl (C=O) groups is 2. The number of nitrogens with zero attached hydrogens (tertiary/aromatic N) is 3. The SMILES string of the molecule is COC(=O)c1cc(C)c(O[C@H](CN2CCN(C(=O)OC(C)(C)C)[C@H](C)C2)c2ccc(C)c(F)n2)cc1C. The molecule has 1 aliphatic heterocycles. The van der Waals surface area contributed by atoms with E-state index in [-0.39, 0.29) is 12.1 Å². The van der Waals surface area contributed by atoms with Gasteiger partial charge >= 0.3 is 12.1 Å². The van der Waals surface area contributed by atoms with Crippen molar-refractivity contribution in [3.05, 3.63) is 58.2 Å². The fraction of sp³-hybridized carbons (Fsp3) is 0.536. The van der Waals surface area contributed by atoms with Crippen LogP contribution in [0.15, 0.2) is 24.3 Å². The maximum atomic E-state index is 14.4. The van der Waals surface area contributed by atoms with Crippen molar-refractivity contribution >= 4 is 12.1 Å². The van der Waals surface area contributed by atoms with Crippen LogP contribution in [0, 0.1) is 26.7 Å². The Labute approximate surface area is 218 Å². The second-order valence-corrected chi connectivity index (χ2v) is 10.7. The number of rotatable bonds is 6. The number of aromatic nitrogens is 1. The van der Waals surface area contributed by atoms with Gasteiger partial charge in [-0.05, 0) is 77.8 Å². The van der Waals surface area contributed by atoms with Gasteiger partial charge in [-0.2, -0.15) is 4.39 Å². The summed E-state index contributed by atoms with van der Waals surface area (Å²) >= 11 is 0. The molecule has 1 saturated heterocycles. The van der Waals surface area contributed by atoms with Crippen LogP contribution in [0.4, 0.5) is 9.18 Å². The Kier molecular flexibility index (Phi) is 8.79. The lowest BCUT2D eigenvalue weighted by atomic mass is 10.0. The number of hydrogen-bond acceptors (Lipinski definition) is 7. The molecular weight excluding hydrogens is 477 g/mol.